The number of nitrogens with zero attached hydrogens (tertiary/aromatic N) is 1. The summed E-state index contributed by atoms with van der Waals surface area (Å²) < 4.78 is 1.66. The van der Waals surface area contributed by atoms with Gasteiger partial charge in [-0.15, -0.1) is 24.0 Å². The Morgan fingerprint density at radius 2 is 2.27 bits per heavy atom. The van der Waals surface area contributed by atoms with Crippen LogP contribution in [0.2, 0.25) is 0 Å². The number of halogens is 1. The van der Waals surface area contributed by atoms with E-state index in [1.54, 1.807) is 23.9 Å². The number of aryl methyl sites for hydroxylation is 1. The second kappa shape index (κ2) is 4.27. The number of pyridine rings is 1. The van der Waals surface area contributed by atoms with Crippen LogP contribution in [-0.4, -0.2) is 5.97 Å². The third-order valence-electron chi connectivity index (χ3n) is 1.18. The molecule has 0 aliphatic rings. The minimum absolute atomic E-state index is 0. The number of aromatic nitrogens is 1. The molecule has 60 valence electrons. The van der Waals surface area contributed by atoms with Gasteiger partial charge in [-0.05, 0) is 6.07 Å². The molecule has 0 amide bonds. The van der Waals surface area contributed by atoms with E-state index in [9.17, 15) is 9.90 Å². The van der Waals surface area contributed by atoms with E-state index in [0.29, 0.717) is 0 Å². The van der Waals surface area contributed by atoms with Crippen LogP contribution in [0.25, 0.3) is 0 Å². The van der Waals surface area contributed by atoms with E-state index in [1.165, 1.54) is 12.3 Å². The van der Waals surface area contributed by atoms with Crippen molar-refractivity contribution in [3.63, 3.8) is 0 Å². The Kier molecular flexibility index (Phi) is 4.02. The maximum atomic E-state index is 10.2. The van der Waals surface area contributed by atoms with E-state index in [4.69, 9.17) is 0 Å². The van der Waals surface area contributed by atoms with Gasteiger partial charge in [0, 0.05) is 6.07 Å². The average Bonchev–Trinajstić information content (AvgIpc) is 1.88. The van der Waals surface area contributed by atoms with Crippen LogP contribution < -0.4 is 9.67 Å². The fraction of sp³-hybridized carbons (Fsp3) is 0.143. The Balaban J connectivity index is 0.000001000. The Hall–Kier alpha value is -0.650. The SMILES string of the molecule is C[n+]1cccc(C(=O)[O-])c1.I. The molecule has 1 heterocycles. The van der Waals surface area contributed by atoms with Crippen LogP contribution in [0.3, 0.4) is 0 Å². The van der Waals surface area contributed by atoms with E-state index in [0.717, 1.165) is 0 Å². The number of carbonyl (C=O) groups excluding carboxylic acids is 1. The zero-order valence-corrected chi connectivity index (χ0v) is 8.31. The summed E-state index contributed by atoms with van der Waals surface area (Å²) in [6.45, 7) is 0. The van der Waals surface area contributed by atoms with E-state index in [2.05, 4.69) is 0 Å². The molecule has 0 spiro atoms. The standard InChI is InChI=1S/C7H7NO2.HI/c1-8-4-2-3-6(5-8)7(9)10;/h2-5H,1H3;1H. The highest BCUT2D eigenvalue weighted by Crippen LogP contribution is 1.89. The molecule has 11 heavy (non-hydrogen) atoms. The summed E-state index contributed by atoms with van der Waals surface area (Å²) in [5.41, 5.74) is 0.199. The van der Waals surface area contributed by atoms with Crippen LogP contribution in [0.4, 0.5) is 0 Å². The number of carbonyl (C=O) groups is 1. The van der Waals surface area contributed by atoms with Gasteiger partial charge in [0.2, 0.25) is 0 Å². The van der Waals surface area contributed by atoms with Crippen molar-refractivity contribution in [2.75, 3.05) is 0 Å². The molecule has 0 atom stereocenters. The number of carboxylic acid groups (broad SMARTS) is 1. The molecule has 0 unspecified atom stereocenters. The Bertz CT molecular complexity index is 262. The van der Waals surface area contributed by atoms with Crippen molar-refractivity contribution in [3.05, 3.63) is 30.1 Å². The Morgan fingerprint density at radius 3 is 2.64 bits per heavy atom. The van der Waals surface area contributed by atoms with Crippen LogP contribution in [0.15, 0.2) is 24.5 Å². The minimum Gasteiger partial charge on any atom is -0.545 e. The molecule has 0 fully saturated rings. The molecule has 0 saturated carbocycles. The number of rotatable bonds is 1. The fourth-order valence-corrected chi connectivity index (χ4v) is 0.709. The van der Waals surface area contributed by atoms with Crippen LogP contribution >= 0.6 is 24.0 Å². The smallest absolute Gasteiger partial charge is 0.177 e. The molecule has 0 aliphatic heterocycles. The summed E-state index contributed by atoms with van der Waals surface area (Å²) in [5, 5.41) is 10.2. The normalized spacial score (nSPS) is 8.45. The van der Waals surface area contributed by atoms with Gasteiger partial charge in [-0.25, -0.2) is 4.57 Å². The van der Waals surface area contributed by atoms with E-state index in [1.807, 2.05) is 0 Å². The van der Waals surface area contributed by atoms with E-state index >= 15 is 0 Å². The van der Waals surface area contributed by atoms with E-state index < -0.39 is 5.97 Å². The first kappa shape index (κ1) is 10.3. The van der Waals surface area contributed by atoms with Gasteiger partial charge in [0.15, 0.2) is 12.4 Å². The first-order chi connectivity index (χ1) is 4.70. The highest BCUT2D eigenvalue weighted by Gasteiger charge is 1.96. The molecule has 0 aromatic carbocycles. The van der Waals surface area contributed by atoms with Gasteiger partial charge in [-0.1, -0.05) is 0 Å². The summed E-state index contributed by atoms with van der Waals surface area (Å²) in [4.78, 5) is 10.2. The minimum atomic E-state index is -1.14. The zero-order chi connectivity index (χ0) is 7.56. The first-order valence-electron chi connectivity index (χ1n) is 2.87. The third kappa shape index (κ3) is 2.83. The van der Waals surface area contributed by atoms with E-state index in [-0.39, 0.29) is 29.5 Å². The van der Waals surface area contributed by atoms with Crippen molar-refractivity contribution in [1.29, 1.82) is 0 Å². The second-order valence-corrected chi connectivity index (χ2v) is 2.05. The van der Waals surface area contributed by atoms with Gasteiger partial charge in [0.25, 0.3) is 0 Å². The maximum Gasteiger partial charge on any atom is 0.177 e. The van der Waals surface area contributed by atoms with Gasteiger partial charge >= 0.3 is 0 Å². The quantitative estimate of drug-likeness (QED) is 0.507. The molecule has 0 N–H and O–H groups in total. The Labute approximate surface area is 81.7 Å². The molecule has 1 aromatic rings. The summed E-state index contributed by atoms with van der Waals surface area (Å²) in [7, 11) is 1.76. The lowest BCUT2D eigenvalue weighted by Crippen LogP contribution is -2.31. The van der Waals surface area contributed by atoms with Crippen molar-refractivity contribution < 1.29 is 14.5 Å². The molecule has 1 rings (SSSR count). The molecular formula is C7H8INO2. The third-order valence-corrected chi connectivity index (χ3v) is 1.18. The molecule has 0 saturated heterocycles. The number of carboxylic acids is 1. The van der Waals surface area contributed by atoms with Crippen LogP contribution in [0, 0.1) is 0 Å². The van der Waals surface area contributed by atoms with Crippen molar-refractivity contribution >= 4 is 29.9 Å². The largest absolute Gasteiger partial charge is 0.545 e. The highest BCUT2D eigenvalue weighted by molar-refractivity contribution is 14.0. The summed E-state index contributed by atoms with van der Waals surface area (Å²) in [6.07, 6.45) is 3.25. The second-order valence-electron chi connectivity index (χ2n) is 2.05. The Morgan fingerprint density at radius 1 is 1.64 bits per heavy atom. The van der Waals surface area contributed by atoms with Crippen molar-refractivity contribution in [2.24, 2.45) is 7.05 Å². The van der Waals surface area contributed by atoms with Gasteiger partial charge < -0.3 is 9.90 Å². The highest BCUT2D eigenvalue weighted by atomic mass is 127. The average molecular weight is 265 g/mol. The topological polar surface area (TPSA) is 44.0 Å². The van der Waals surface area contributed by atoms with Gasteiger partial charge in [-0.3, -0.25) is 0 Å². The predicted octanol–water partition coefficient (Wildman–Crippen LogP) is -0.507. The van der Waals surface area contributed by atoms with Gasteiger partial charge in [0.1, 0.15) is 7.05 Å². The van der Waals surface area contributed by atoms with Crippen molar-refractivity contribution in [2.45, 2.75) is 0 Å². The first-order valence-corrected chi connectivity index (χ1v) is 2.87. The number of hydrogen-bond acceptors (Lipinski definition) is 2. The number of aromatic carboxylic acids is 1. The monoisotopic (exact) mass is 265 g/mol. The summed E-state index contributed by atoms with van der Waals surface area (Å²) in [6, 6.07) is 3.15. The van der Waals surface area contributed by atoms with Gasteiger partial charge in [0.05, 0.1) is 11.5 Å². The molecule has 3 nitrogen and oxygen atoms in total. The van der Waals surface area contributed by atoms with Crippen LogP contribution in [0.5, 0.6) is 0 Å². The molecule has 4 heteroatoms. The lowest BCUT2D eigenvalue weighted by Gasteiger charge is -1.96. The zero-order valence-electron chi connectivity index (χ0n) is 5.98. The van der Waals surface area contributed by atoms with Crippen LogP contribution in [-0.2, 0) is 7.05 Å². The lowest BCUT2D eigenvalue weighted by molar-refractivity contribution is -0.671. The summed E-state index contributed by atoms with van der Waals surface area (Å²) >= 11 is 0. The molecule has 0 bridgehead atoms. The molecule has 0 radical (unpaired) electrons. The van der Waals surface area contributed by atoms with Gasteiger partial charge in [-0.2, -0.15) is 0 Å². The molecular weight excluding hydrogens is 257 g/mol. The lowest BCUT2D eigenvalue weighted by atomic mass is 10.3. The van der Waals surface area contributed by atoms with Crippen molar-refractivity contribution in [1.82, 2.24) is 0 Å². The molecule has 1 aromatic heterocycles. The number of hydrogen-bond donors (Lipinski definition) is 0. The fourth-order valence-electron chi connectivity index (χ4n) is 0.709. The molecule has 0 aliphatic carbocycles. The predicted molar refractivity (Wildman–Crippen MR) is 47.4 cm³/mol. The maximum absolute atomic E-state index is 10.2. The van der Waals surface area contributed by atoms with Crippen LogP contribution in [0.1, 0.15) is 10.4 Å². The van der Waals surface area contributed by atoms with Crippen molar-refractivity contribution in [3.8, 4) is 0 Å². The summed E-state index contributed by atoms with van der Waals surface area (Å²) in [5.74, 6) is -1.14.